The van der Waals surface area contributed by atoms with E-state index in [0.29, 0.717) is 5.56 Å². The Kier molecular flexibility index (Phi) is 5.71. The maximum atomic E-state index is 12.5. The summed E-state index contributed by atoms with van der Waals surface area (Å²) >= 11 is 0. The molecule has 0 saturated carbocycles. The Hall–Kier alpha value is -2.10. The van der Waals surface area contributed by atoms with E-state index in [-0.39, 0.29) is 17.1 Å². The summed E-state index contributed by atoms with van der Waals surface area (Å²) in [6.07, 6.45) is 6.40. The first-order valence-electron chi connectivity index (χ1n) is 8.34. The topological polar surface area (TPSA) is 17.1 Å². The molecule has 1 aromatic rings. The van der Waals surface area contributed by atoms with E-state index in [2.05, 4.69) is 26.8 Å². The van der Waals surface area contributed by atoms with Gasteiger partial charge in [0.25, 0.3) is 0 Å². The molecule has 0 aromatic heterocycles. The van der Waals surface area contributed by atoms with Gasteiger partial charge in [-0.15, -0.1) is 0 Å². The zero-order valence-electron chi connectivity index (χ0n) is 14.7. The van der Waals surface area contributed by atoms with Gasteiger partial charge < -0.3 is 0 Å². The van der Waals surface area contributed by atoms with Crippen molar-refractivity contribution in [1.29, 1.82) is 0 Å². The fourth-order valence-corrected chi connectivity index (χ4v) is 3.19. The van der Waals surface area contributed by atoms with Crippen molar-refractivity contribution in [2.75, 3.05) is 0 Å². The molecule has 0 aliphatic heterocycles. The highest BCUT2D eigenvalue weighted by Crippen LogP contribution is 2.41. The molecule has 2 rings (SSSR count). The summed E-state index contributed by atoms with van der Waals surface area (Å²) in [7, 11) is 0. The summed E-state index contributed by atoms with van der Waals surface area (Å²) in [5.74, 6) is 0.0544. The van der Waals surface area contributed by atoms with Crippen LogP contribution < -0.4 is 0 Å². The molecule has 1 aliphatic rings. The van der Waals surface area contributed by atoms with Crippen LogP contribution in [0.15, 0.2) is 54.1 Å². The van der Waals surface area contributed by atoms with Crippen LogP contribution in [0.1, 0.15) is 44.7 Å². The fraction of sp³-hybridized carbons (Fsp3) is 0.381. The van der Waals surface area contributed by atoms with Crippen molar-refractivity contribution in [2.24, 2.45) is 11.3 Å². The SMILES string of the molecule is CC1=CCCC(C)(C)C1/C=C/C(=O)/C=C/c1ccc(C(F)(F)F)cc1. The molecular weight excluding hydrogens is 325 g/mol. The molecule has 0 spiro atoms. The number of carbonyl (C=O) groups excluding carboxylic acids is 1. The van der Waals surface area contributed by atoms with E-state index in [9.17, 15) is 18.0 Å². The van der Waals surface area contributed by atoms with Gasteiger partial charge in [0, 0.05) is 5.92 Å². The maximum Gasteiger partial charge on any atom is 0.416 e. The van der Waals surface area contributed by atoms with E-state index in [4.69, 9.17) is 0 Å². The average Bonchev–Trinajstić information content (AvgIpc) is 2.51. The van der Waals surface area contributed by atoms with Crippen LogP contribution in [-0.2, 0) is 11.0 Å². The monoisotopic (exact) mass is 348 g/mol. The number of halogens is 3. The second kappa shape index (κ2) is 7.42. The summed E-state index contributed by atoms with van der Waals surface area (Å²) in [5.41, 5.74) is 1.25. The van der Waals surface area contributed by atoms with E-state index in [1.165, 1.54) is 29.9 Å². The van der Waals surface area contributed by atoms with Crippen molar-refractivity contribution in [2.45, 2.75) is 39.8 Å². The quantitative estimate of drug-likeness (QED) is 0.466. The molecule has 0 heterocycles. The molecular formula is C21H23F3O. The second-order valence-corrected chi connectivity index (χ2v) is 7.17. The minimum atomic E-state index is -4.35. The molecule has 1 aliphatic carbocycles. The Balaban J connectivity index is 2.03. The predicted molar refractivity (Wildman–Crippen MR) is 94.9 cm³/mol. The van der Waals surface area contributed by atoms with Crippen LogP contribution in [0, 0.1) is 11.3 Å². The highest BCUT2D eigenvalue weighted by molar-refractivity contribution is 6.02. The first-order chi connectivity index (χ1) is 11.6. The van der Waals surface area contributed by atoms with E-state index in [1.807, 2.05) is 6.08 Å². The number of ketones is 1. The van der Waals surface area contributed by atoms with Crippen LogP contribution in [0.2, 0.25) is 0 Å². The summed E-state index contributed by atoms with van der Waals surface area (Å²) in [6.45, 7) is 6.47. The van der Waals surface area contributed by atoms with Crippen molar-refractivity contribution in [1.82, 2.24) is 0 Å². The molecule has 0 fully saturated rings. The van der Waals surface area contributed by atoms with E-state index < -0.39 is 11.7 Å². The van der Waals surface area contributed by atoms with Gasteiger partial charge in [0.05, 0.1) is 5.56 Å². The first kappa shape index (κ1) is 19.2. The highest BCUT2D eigenvalue weighted by Gasteiger charge is 2.31. The van der Waals surface area contributed by atoms with Gasteiger partial charge in [0.15, 0.2) is 5.78 Å². The average molecular weight is 348 g/mol. The van der Waals surface area contributed by atoms with Gasteiger partial charge in [0.1, 0.15) is 0 Å². The second-order valence-electron chi connectivity index (χ2n) is 7.17. The van der Waals surface area contributed by atoms with Crippen molar-refractivity contribution in [3.8, 4) is 0 Å². The van der Waals surface area contributed by atoms with Gasteiger partial charge in [-0.25, -0.2) is 0 Å². The van der Waals surface area contributed by atoms with Crippen LogP contribution in [0.3, 0.4) is 0 Å². The molecule has 1 unspecified atom stereocenters. The summed E-state index contributed by atoms with van der Waals surface area (Å²) in [4.78, 5) is 12.0. The van der Waals surface area contributed by atoms with Gasteiger partial charge in [-0.3, -0.25) is 4.79 Å². The smallest absolute Gasteiger partial charge is 0.290 e. The number of hydrogen-bond acceptors (Lipinski definition) is 1. The Morgan fingerprint density at radius 3 is 2.36 bits per heavy atom. The lowest BCUT2D eigenvalue weighted by Gasteiger charge is -2.36. The molecule has 1 aromatic carbocycles. The Labute approximate surface area is 146 Å². The van der Waals surface area contributed by atoms with Gasteiger partial charge >= 0.3 is 6.18 Å². The normalized spacial score (nSPS) is 20.9. The number of alkyl halides is 3. The molecule has 0 amide bonds. The molecule has 1 atom stereocenters. The summed E-state index contributed by atoms with van der Waals surface area (Å²) < 4.78 is 37.6. The Morgan fingerprint density at radius 1 is 1.16 bits per heavy atom. The summed E-state index contributed by atoms with van der Waals surface area (Å²) in [6, 6.07) is 4.73. The van der Waals surface area contributed by atoms with Gasteiger partial charge in [-0.05, 0) is 55.0 Å². The van der Waals surface area contributed by atoms with Crippen LogP contribution in [-0.4, -0.2) is 5.78 Å². The van der Waals surface area contributed by atoms with E-state index in [1.54, 1.807) is 6.08 Å². The zero-order valence-corrected chi connectivity index (χ0v) is 14.7. The number of benzene rings is 1. The molecule has 0 N–H and O–H groups in total. The van der Waals surface area contributed by atoms with E-state index in [0.717, 1.165) is 25.0 Å². The number of hydrogen-bond donors (Lipinski definition) is 0. The van der Waals surface area contributed by atoms with Gasteiger partial charge in [-0.1, -0.05) is 49.8 Å². The van der Waals surface area contributed by atoms with Crippen LogP contribution in [0.5, 0.6) is 0 Å². The molecule has 4 heteroatoms. The molecule has 0 radical (unpaired) electrons. The van der Waals surface area contributed by atoms with Crippen molar-refractivity contribution < 1.29 is 18.0 Å². The minimum Gasteiger partial charge on any atom is -0.290 e. The number of allylic oxidation sites excluding steroid dienone is 5. The van der Waals surface area contributed by atoms with Crippen LogP contribution >= 0.6 is 0 Å². The minimum absolute atomic E-state index is 0.118. The lowest BCUT2D eigenvalue weighted by molar-refractivity contribution is -0.137. The third-order valence-corrected chi connectivity index (χ3v) is 4.72. The molecule has 1 nitrogen and oxygen atoms in total. The van der Waals surface area contributed by atoms with E-state index >= 15 is 0 Å². The zero-order chi connectivity index (χ0) is 18.7. The number of carbonyl (C=O) groups is 1. The predicted octanol–water partition coefficient (Wildman–Crippen LogP) is 6.23. The van der Waals surface area contributed by atoms with Gasteiger partial charge in [0.2, 0.25) is 0 Å². The standard InChI is InChI=1S/C21H23F3O/c1-15-5-4-14-20(2,3)19(15)13-12-18(25)11-8-16-6-9-17(10-7-16)21(22,23)24/h5-13,19H,4,14H2,1-3H3/b11-8+,13-12+. The maximum absolute atomic E-state index is 12.5. The summed E-state index contributed by atoms with van der Waals surface area (Å²) in [5, 5.41) is 0. The Morgan fingerprint density at radius 2 is 1.80 bits per heavy atom. The Bertz CT molecular complexity index is 704. The molecule has 25 heavy (non-hydrogen) atoms. The van der Waals surface area contributed by atoms with Crippen LogP contribution in [0.25, 0.3) is 6.08 Å². The molecule has 0 saturated heterocycles. The molecule has 134 valence electrons. The highest BCUT2D eigenvalue weighted by atomic mass is 19.4. The third-order valence-electron chi connectivity index (χ3n) is 4.72. The first-order valence-corrected chi connectivity index (χ1v) is 8.34. The van der Waals surface area contributed by atoms with Crippen molar-refractivity contribution >= 4 is 11.9 Å². The number of rotatable bonds is 4. The third kappa shape index (κ3) is 5.18. The van der Waals surface area contributed by atoms with Crippen molar-refractivity contribution in [3.63, 3.8) is 0 Å². The lowest BCUT2D eigenvalue weighted by Crippen LogP contribution is -2.26. The lowest BCUT2D eigenvalue weighted by atomic mass is 9.68. The van der Waals surface area contributed by atoms with Crippen molar-refractivity contribution in [3.05, 3.63) is 65.3 Å². The van der Waals surface area contributed by atoms with Crippen LogP contribution in [0.4, 0.5) is 13.2 Å². The fourth-order valence-electron chi connectivity index (χ4n) is 3.19. The van der Waals surface area contributed by atoms with Gasteiger partial charge in [-0.2, -0.15) is 13.2 Å². The molecule has 0 bridgehead atoms. The largest absolute Gasteiger partial charge is 0.416 e.